The SMILES string of the molecule is Cc1cccc(OCC(=O)Nc2ccc(C(=O)Nc3ccccc3C(=O)[O-])cc2)c1C. The number of aromatic carboxylic acids is 1. The van der Waals surface area contributed by atoms with Gasteiger partial charge in [-0.3, -0.25) is 9.59 Å². The number of carbonyl (C=O) groups excluding carboxylic acids is 3. The summed E-state index contributed by atoms with van der Waals surface area (Å²) in [7, 11) is 0. The molecule has 0 spiro atoms. The molecule has 0 radical (unpaired) electrons. The first-order valence-electron chi connectivity index (χ1n) is 9.56. The molecule has 2 amide bonds. The standard InChI is InChI=1S/C24H22N2O5/c1-15-6-5-9-21(16(15)2)31-14-22(27)25-18-12-10-17(11-13-18)23(28)26-20-8-4-3-7-19(20)24(29)30/h3-13H,14H2,1-2H3,(H,25,27)(H,26,28)(H,29,30)/p-1. The zero-order chi connectivity index (χ0) is 22.4. The molecule has 0 unspecified atom stereocenters. The van der Waals surface area contributed by atoms with Crippen molar-refractivity contribution < 1.29 is 24.2 Å². The second kappa shape index (κ2) is 9.58. The number of para-hydroxylation sites is 1. The van der Waals surface area contributed by atoms with Crippen LogP contribution >= 0.6 is 0 Å². The highest BCUT2D eigenvalue weighted by Gasteiger charge is 2.11. The number of anilines is 2. The van der Waals surface area contributed by atoms with Crippen molar-refractivity contribution in [3.8, 4) is 5.75 Å². The van der Waals surface area contributed by atoms with Gasteiger partial charge >= 0.3 is 0 Å². The third-order valence-electron chi connectivity index (χ3n) is 4.74. The summed E-state index contributed by atoms with van der Waals surface area (Å²) in [5, 5.41) is 16.4. The topological polar surface area (TPSA) is 108 Å². The molecule has 0 saturated heterocycles. The highest BCUT2D eigenvalue weighted by molar-refractivity contribution is 6.07. The largest absolute Gasteiger partial charge is 0.545 e. The minimum absolute atomic E-state index is 0.108. The van der Waals surface area contributed by atoms with Crippen LogP contribution in [-0.2, 0) is 4.79 Å². The Labute approximate surface area is 179 Å². The summed E-state index contributed by atoms with van der Waals surface area (Å²) >= 11 is 0. The number of carboxylic acid groups (broad SMARTS) is 1. The Kier molecular flexibility index (Phi) is 6.67. The first-order valence-corrected chi connectivity index (χ1v) is 9.56. The summed E-state index contributed by atoms with van der Waals surface area (Å²) in [6.45, 7) is 3.75. The highest BCUT2D eigenvalue weighted by Crippen LogP contribution is 2.21. The molecule has 0 aliphatic heterocycles. The molecule has 0 aliphatic carbocycles. The van der Waals surface area contributed by atoms with Gasteiger partial charge in [0, 0.05) is 16.8 Å². The Morgan fingerprint density at radius 1 is 0.871 bits per heavy atom. The van der Waals surface area contributed by atoms with Crippen molar-refractivity contribution in [3.05, 3.63) is 89.0 Å². The van der Waals surface area contributed by atoms with Crippen molar-refractivity contribution in [2.45, 2.75) is 13.8 Å². The summed E-state index contributed by atoms with van der Waals surface area (Å²) in [6, 6.07) is 17.8. The Morgan fingerprint density at radius 3 is 2.29 bits per heavy atom. The number of carbonyl (C=O) groups is 3. The zero-order valence-corrected chi connectivity index (χ0v) is 17.1. The van der Waals surface area contributed by atoms with Crippen LogP contribution in [0.15, 0.2) is 66.7 Å². The molecule has 158 valence electrons. The van der Waals surface area contributed by atoms with Gasteiger partial charge < -0.3 is 25.3 Å². The van der Waals surface area contributed by atoms with E-state index in [-0.39, 0.29) is 23.8 Å². The van der Waals surface area contributed by atoms with E-state index in [2.05, 4.69) is 10.6 Å². The smallest absolute Gasteiger partial charge is 0.262 e. The molecule has 2 N–H and O–H groups in total. The van der Waals surface area contributed by atoms with E-state index in [9.17, 15) is 19.5 Å². The molecule has 0 bridgehead atoms. The highest BCUT2D eigenvalue weighted by atomic mass is 16.5. The molecular formula is C24H21N2O5-. The van der Waals surface area contributed by atoms with Crippen molar-refractivity contribution in [1.82, 2.24) is 0 Å². The molecule has 0 aliphatic rings. The molecule has 7 nitrogen and oxygen atoms in total. The summed E-state index contributed by atoms with van der Waals surface area (Å²) in [5.41, 5.74) is 2.90. The molecule has 0 fully saturated rings. The maximum absolute atomic E-state index is 12.4. The molecule has 31 heavy (non-hydrogen) atoms. The molecule has 0 saturated carbocycles. The number of ether oxygens (including phenoxy) is 1. The lowest BCUT2D eigenvalue weighted by Gasteiger charge is -2.12. The van der Waals surface area contributed by atoms with Crippen LogP contribution in [0.4, 0.5) is 11.4 Å². The van der Waals surface area contributed by atoms with Gasteiger partial charge in [0.15, 0.2) is 6.61 Å². The lowest BCUT2D eigenvalue weighted by atomic mass is 10.1. The van der Waals surface area contributed by atoms with Gasteiger partial charge in [-0.15, -0.1) is 0 Å². The van der Waals surface area contributed by atoms with Crippen molar-refractivity contribution in [3.63, 3.8) is 0 Å². The predicted molar refractivity (Wildman–Crippen MR) is 115 cm³/mol. The quantitative estimate of drug-likeness (QED) is 0.615. The van der Waals surface area contributed by atoms with E-state index < -0.39 is 11.9 Å². The van der Waals surface area contributed by atoms with Gasteiger partial charge in [0.05, 0.1) is 11.7 Å². The lowest BCUT2D eigenvalue weighted by Crippen LogP contribution is -2.24. The molecule has 3 aromatic rings. The van der Waals surface area contributed by atoms with Gasteiger partial charge in [-0.05, 0) is 61.4 Å². The van der Waals surface area contributed by atoms with Crippen molar-refractivity contribution in [1.29, 1.82) is 0 Å². The minimum Gasteiger partial charge on any atom is -0.545 e. The number of carboxylic acids is 1. The van der Waals surface area contributed by atoms with Crippen molar-refractivity contribution in [2.24, 2.45) is 0 Å². The summed E-state index contributed by atoms with van der Waals surface area (Å²) < 4.78 is 5.58. The fourth-order valence-corrected chi connectivity index (χ4v) is 2.89. The van der Waals surface area contributed by atoms with Crippen LogP contribution in [0.3, 0.4) is 0 Å². The summed E-state index contributed by atoms with van der Waals surface area (Å²) in [4.78, 5) is 35.7. The average molecular weight is 417 g/mol. The predicted octanol–water partition coefficient (Wildman–Crippen LogP) is 2.94. The van der Waals surface area contributed by atoms with Crippen LogP contribution in [0.25, 0.3) is 0 Å². The van der Waals surface area contributed by atoms with Crippen LogP contribution in [-0.4, -0.2) is 24.4 Å². The number of aryl methyl sites for hydroxylation is 1. The zero-order valence-electron chi connectivity index (χ0n) is 17.1. The number of rotatable bonds is 7. The van der Waals surface area contributed by atoms with Crippen molar-refractivity contribution >= 4 is 29.2 Å². The second-order valence-electron chi connectivity index (χ2n) is 6.90. The molecular weight excluding hydrogens is 396 g/mol. The van der Waals surface area contributed by atoms with E-state index >= 15 is 0 Å². The molecule has 3 aromatic carbocycles. The Hall–Kier alpha value is -4.13. The molecule has 7 heteroatoms. The van der Waals surface area contributed by atoms with Gasteiger partial charge in [-0.25, -0.2) is 0 Å². The third-order valence-corrected chi connectivity index (χ3v) is 4.74. The van der Waals surface area contributed by atoms with Gasteiger partial charge in [0.25, 0.3) is 11.8 Å². The van der Waals surface area contributed by atoms with Crippen LogP contribution < -0.4 is 20.5 Å². The van der Waals surface area contributed by atoms with E-state index in [4.69, 9.17) is 4.74 Å². The number of hydrogen-bond donors (Lipinski definition) is 2. The van der Waals surface area contributed by atoms with Crippen molar-refractivity contribution in [2.75, 3.05) is 17.2 Å². The minimum atomic E-state index is -1.38. The Morgan fingerprint density at radius 2 is 1.58 bits per heavy atom. The average Bonchev–Trinajstić information content (AvgIpc) is 2.75. The van der Waals surface area contributed by atoms with E-state index in [1.165, 1.54) is 24.3 Å². The summed E-state index contributed by atoms with van der Waals surface area (Å²) in [5.74, 6) is -1.54. The molecule has 0 atom stereocenters. The van der Waals surface area contributed by atoms with Crippen LogP contribution in [0.5, 0.6) is 5.75 Å². The van der Waals surface area contributed by atoms with E-state index in [0.29, 0.717) is 17.0 Å². The number of hydrogen-bond acceptors (Lipinski definition) is 5. The monoisotopic (exact) mass is 417 g/mol. The summed E-state index contributed by atoms with van der Waals surface area (Å²) in [6.07, 6.45) is 0. The molecule has 0 heterocycles. The van der Waals surface area contributed by atoms with E-state index in [1.807, 2.05) is 32.0 Å². The first kappa shape index (κ1) is 21.6. The van der Waals surface area contributed by atoms with Crippen LogP contribution in [0.1, 0.15) is 31.8 Å². The maximum atomic E-state index is 12.4. The molecule has 3 rings (SSSR count). The Balaban J connectivity index is 1.58. The van der Waals surface area contributed by atoms with Gasteiger partial charge in [-0.2, -0.15) is 0 Å². The fourth-order valence-electron chi connectivity index (χ4n) is 2.89. The van der Waals surface area contributed by atoms with Crippen LogP contribution in [0.2, 0.25) is 0 Å². The maximum Gasteiger partial charge on any atom is 0.262 e. The fraction of sp³-hybridized carbons (Fsp3) is 0.125. The number of amides is 2. The number of benzene rings is 3. The molecule has 0 aromatic heterocycles. The second-order valence-corrected chi connectivity index (χ2v) is 6.90. The Bertz CT molecular complexity index is 1120. The third kappa shape index (κ3) is 5.48. The van der Waals surface area contributed by atoms with E-state index in [0.717, 1.165) is 11.1 Å². The normalized spacial score (nSPS) is 10.3. The van der Waals surface area contributed by atoms with Crippen LogP contribution in [0, 0.1) is 13.8 Å². The van der Waals surface area contributed by atoms with E-state index in [1.54, 1.807) is 24.3 Å². The van der Waals surface area contributed by atoms with Gasteiger partial charge in [0.2, 0.25) is 0 Å². The first-order chi connectivity index (χ1) is 14.8. The van der Waals surface area contributed by atoms with Gasteiger partial charge in [0.1, 0.15) is 5.75 Å². The number of nitrogens with one attached hydrogen (secondary N) is 2. The van der Waals surface area contributed by atoms with Gasteiger partial charge in [-0.1, -0.05) is 30.3 Å². The lowest BCUT2D eigenvalue weighted by molar-refractivity contribution is -0.254.